The molecule has 2 atom stereocenters. The van der Waals surface area contributed by atoms with E-state index in [0.29, 0.717) is 0 Å². The van der Waals surface area contributed by atoms with E-state index in [1.165, 1.54) is 40.3 Å². The second-order valence-electron chi connectivity index (χ2n) is 4.91. The summed E-state index contributed by atoms with van der Waals surface area (Å²) in [5, 5.41) is 4.64. The van der Waals surface area contributed by atoms with E-state index in [2.05, 4.69) is 43.9 Å². The van der Waals surface area contributed by atoms with Crippen LogP contribution in [0.25, 0.3) is 0 Å². The Hall–Kier alpha value is 0.01000. The van der Waals surface area contributed by atoms with Crippen molar-refractivity contribution in [1.82, 2.24) is 5.32 Å². The number of aryl methyl sites for hydroxylation is 2. The molecule has 0 aromatic carbocycles. The second-order valence-corrected chi connectivity index (χ2v) is 7.94. The number of nitrogens with one attached hydrogen (secondary N) is 1. The fourth-order valence-electron chi connectivity index (χ4n) is 2.63. The minimum absolute atomic E-state index is 0.749. The van der Waals surface area contributed by atoms with Crippen LogP contribution in [0.4, 0.5) is 0 Å². The molecular weight excluding hydrogens is 246 g/mol. The Morgan fingerprint density at radius 3 is 2.88 bits per heavy atom. The molecule has 17 heavy (non-hydrogen) atoms. The Balaban J connectivity index is 1.78. The van der Waals surface area contributed by atoms with Crippen molar-refractivity contribution in [2.24, 2.45) is 0 Å². The van der Waals surface area contributed by atoms with Gasteiger partial charge in [0, 0.05) is 27.6 Å². The minimum atomic E-state index is 0.749. The lowest BCUT2D eigenvalue weighted by atomic mass is 10.2. The summed E-state index contributed by atoms with van der Waals surface area (Å²) in [6.07, 6.45) is 4.12. The lowest BCUT2D eigenvalue weighted by molar-refractivity contribution is 0.525. The molecule has 1 heterocycles. The zero-order chi connectivity index (χ0) is 12.3. The van der Waals surface area contributed by atoms with Gasteiger partial charge in [-0.25, -0.2) is 0 Å². The normalized spacial score (nSPS) is 24.4. The number of hydrogen-bond donors (Lipinski definition) is 1. The summed E-state index contributed by atoms with van der Waals surface area (Å²) in [4.78, 5) is 2.91. The fourth-order valence-corrected chi connectivity index (χ4v) is 4.71. The van der Waals surface area contributed by atoms with Crippen molar-refractivity contribution in [2.75, 3.05) is 5.75 Å². The first-order valence-electron chi connectivity index (χ1n) is 6.60. The Kier molecular flexibility index (Phi) is 4.95. The largest absolute Gasteiger partial charge is 0.310 e. The van der Waals surface area contributed by atoms with E-state index in [1.54, 1.807) is 0 Å². The molecule has 1 fully saturated rings. The fraction of sp³-hybridized carbons (Fsp3) is 0.714. The maximum absolute atomic E-state index is 3.73. The van der Waals surface area contributed by atoms with Gasteiger partial charge in [-0.3, -0.25) is 0 Å². The van der Waals surface area contributed by atoms with Crippen LogP contribution in [0.15, 0.2) is 6.07 Å². The summed E-state index contributed by atoms with van der Waals surface area (Å²) in [6.45, 7) is 7.76. The smallest absolute Gasteiger partial charge is 0.0219 e. The molecule has 96 valence electrons. The highest BCUT2D eigenvalue weighted by atomic mass is 32.2. The van der Waals surface area contributed by atoms with Crippen LogP contribution in [0.3, 0.4) is 0 Å². The minimum Gasteiger partial charge on any atom is -0.310 e. The van der Waals surface area contributed by atoms with Gasteiger partial charge in [-0.1, -0.05) is 6.92 Å². The number of hydrogen-bond acceptors (Lipinski definition) is 3. The molecule has 1 aromatic heterocycles. The van der Waals surface area contributed by atoms with Crippen molar-refractivity contribution in [3.05, 3.63) is 21.4 Å². The van der Waals surface area contributed by atoms with Gasteiger partial charge in [0.25, 0.3) is 0 Å². The maximum Gasteiger partial charge on any atom is 0.0219 e. The molecule has 1 nitrogen and oxygen atoms in total. The Labute approximate surface area is 113 Å². The highest BCUT2D eigenvalue weighted by Crippen LogP contribution is 2.30. The van der Waals surface area contributed by atoms with E-state index in [4.69, 9.17) is 0 Å². The predicted molar refractivity (Wildman–Crippen MR) is 80.2 cm³/mol. The van der Waals surface area contributed by atoms with Crippen molar-refractivity contribution in [1.29, 1.82) is 0 Å². The van der Waals surface area contributed by atoms with Crippen molar-refractivity contribution in [2.45, 2.75) is 57.9 Å². The van der Waals surface area contributed by atoms with E-state index < -0.39 is 0 Å². The van der Waals surface area contributed by atoms with Crippen LogP contribution in [0.2, 0.25) is 0 Å². The predicted octanol–water partition coefficient (Wildman–Crippen LogP) is 4.13. The van der Waals surface area contributed by atoms with E-state index in [0.717, 1.165) is 17.8 Å². The quantitative estimate of drug-likeness (QED) is 0.862. The van der Waals surface area contributed by atoms with Gasteiger partial charge in [-0.05, 0) is 50.5 Å². The molecule has 1 N–H and O–H groups in total. The van der Waals surface area contributed by atoms with Gasteiger partial charge in [0.15, 0.2) is 0 Å². The Bertz CT molecular complexity index is 359. The first-order valence-corrected chi connectivity index (χ1v) is 8.46. The van der Waals surface area contributed by atoms with Gasteiger partial charge >= 0.3 is 0 Å². The van der Waals surface area contributed by atoms with Crippen LogP contribution in [0.5, 0.6) is 0 Å². The molecular formula is C14H23NS2. The second kappa shape index (κ2) is 6.26. The summed E-state index contributed by atoms with van der Waals surface area (Å²) in [5.74, 6) is 1.26. The van der Waals surface area contributed by atoms with Crippen molar-refractivity contribution >= 4 is 23.1 Å². The standard InChI is InChI=1S/C14H23NS2/c1-4-16-14-6-5-13(8-14)15-9-12-7-10(2)17-11(12)3/h7,13-15H,4-6,8-9H2,1-3H3. The van der Waals surface area contributed by atoms with Crippen LogP contribution in [-0.2, 0) is 6.54 Å². The van der Waals surface area contributed by atoms with Crippen LogP contribution in [0.1, 0.15) is 41.5 Å². The maximum atomic E-state index is 3.73. The third-order valence-electron chi connectivity index (χ3n) is 3.51. The lowest BCUT2D eigenvalue weighted by Gasteiger charge is -2.12. The van der Waals surface area contributed by atoms with E-state index in [9.17, 15) is 0 Å². The number of rotatable bonds is 5. The molecule has 1 saturated carbocycles. The van der Waals surface area contributed by atoms with Crippen LogP contribution < -0.4 is 5.32 Å². The molecule has 3 heteroatoms. The van der Waals surface area contributed by atoms with Gasteiger partial charge < -0.3 is 5.32 Å². The lowest BCUT2D eigenvalue weighted by Crippen LogP contribution is -2.26. The molecule has 1 aromatic rings. The van der Waals surface area contributed by atoms with E-state index in [1.807, 2.05) is 11.3 Å². The molecule has 1 aliphatic carbocycles. The molecule has 0 aliphatic heterocycles. The summed E-state index contributed by atoms with van der Waals surface area (Å²) in [6, 6.07) is 3.08. The average Bonchev–Trinajstić information content (AvgIpc) is 2.83. The summed E-state index contributed by atoms with van der Waals surface area (Å²) in [5.41, 5.74) is 1.50. The third-order valence-corrected chi connectivity index (χ3v) is 5.75. The molecule has 2 rings (SSSR count). The van der Waals surface area contributed by atoms with E-state index in [-0.39, 0.29) is 0 Å². The Morgan fingerprint density at radius 2 is 2.24 bits per heavy atom. The number of thioether (sulfide) groups is 1. The number of thiophene rings is 1. The summed E-state index contributed by atoms with van der Waals surface area (Å²) in [7, 11) is 0. The summed E-state index contributed by atoms with van der Waals surface area (Å²) >= 11 is 4.05. The highest BCUT2D eigenvalue weighted by molar-refractivity contribution is 7.99. The zero-order valence-electron chi connectivity index (χ0n) is 11.1. The topological polar surface area (TPSA) is 12.0 Å². The van der Waals surface area contributed by atoms with Crippen LogP contribution in [0, 0.1) is 13.8 Å². The van der Waals surface area contributed by atoms with Gasteiger partial charge in [0.1, 0.15) is 0 Å². The molecule has 0 spiro atoms. The first-order chi connectivity index (χ1) is 8.19. The van der Waals surface area contributed by atoms with Gasteiger partial charge in [-0.15, -0.1) is 11.3 Å². The van der Waals surface area contributed by atoms with Gasteiger partial charge in [-0.2, -0.15) is 11.8 Å². The van der Waals surface area contributed by atoms with Gasteiger partial charge in [0.05, 0.1) is 0 Å². The SMILES string of the molecule is CCSC1CCC(NCc2cc(C)sc2C)C1. The van der Waals surface area contributed by atoms with Crippen molar-refractivity contribution in [3.8, 4) is 0 Å². The van der Waals surface area contributed by atoms with Crippen molar-refractivity contribution in [3.63, 3.8) is 0 Å². The van der Waals surface area contributed by atoms with E-state index >= 15 is 0 Å². The summed E-state index contributed by atoms with van der Waals surface area (Å²) < 4.78 is 0. The molecule has 0 bridgehead atoms. The molecule has 0 saturated heterocycles. The third kappa shape index (κ3) is 3.73. The highest BCUT2D eigenvalue weighted by Gasteiger charge is 2.24. The molecule has 1 aliphatic rings. The van der Waals surface area contributed by atoms with Crippen LogP contribution >= 0.6 is 23.1 Å². The first kappa shape index (κ1) is 13.4. The monoisotopic (exact) mass is 269 g/mol. The molecule has 0 radical (unpaired) electrons. The van der Waals surface area contributed by atoms with Crippen LogP contribution in [-0.4, -0.2) is 17.0 Å². The average molecular weight is 269 g/mol. The van der Waals surface area contributed by atoms with Crippen molar-refractivity contribution < 1.29 is 0 Å². The molecule has 0 amide bonds. The van der Waals surface area contributed by atoms with Gasteiger partial charge in [0.2, 0.25) is 0 Å². The zero-order valence-corrected chi connectivity index (χ0v) is 12.7. The molecule has 2 unspecified atom stereocenters. The Morgan fingerprint density at radius 1 is 1.41 bits per heavy atom.